The SMILES string of the molecule is CCN(C)CC1(CC)CCNCC1. The van der Waals surface area contributed by atoms with Crippen molar-refractivity contribution >= 4 is 0 Å². The van der Waals surface area contributed by atoms with Crippen molar-refractivity contribution in [2.45, 2.75) is 33.1 Å². The van der Waals surface area contributed by atoms with E-state index in [-0.39, 0.29) is 0 Å². The third-order valence-corrected chi connectivity index (χ3v) is 3.56. The molecule has 0 atom stereocenters. The van der Waals surface area contributed by atoms with Crippen LogP contribution < -0.4 is 5.32 Å². The van der Waals surface area contributed by atoms with Crippen LogP contribution in [0.25, 0.3) is 0 Å². The number of hydrogen-bond donors (Lipinski definition) is 1. The first-order valence-electron chi connectivity index (χ1n) is 5.62. The molecule has 1 aliphatic rings. The summed E-state index contributed by atoms with van der Waals surface area (Å²) in [6.45, 7) is 9.47. The molecular weight excluding hydrogens is 160 g/mol. The summed E-state index contributed by atoms with van der Waals surface area (Å²) in [6, 6.07) is 0. The van der Waals surface area contributed by atoms with Crippen molar-refractivity contribution < 1.29 is 0 Å². The third kappa shape index (κ3) is 2.96. The molecule has 0 bridgehead atoms. The van der Waals surface area contributed by atoms with Crippen molar-refractivity contribution in [1.29, 1.82) is 0 Å². The minimum atomic E-state index is 0.607. The zero-order valence-electron chi connectivity index (χ0n) is 9.40. The van der Waals surface area contributed by atoms with Crippen LogP contribution in [-0.4, -0.2) is 38.1 Å². The van der Waals surface area contributed by atoms with Crippen molar-refractivity contribution in [1.82, 2.24) is 10.2 Å². The van der Waals surface area contributed by atoms with E-state index in [1.807, 2.05) is 0 Å². The highest BCUT2D eigenvalue weighted by molar-refractivity contribution is 4.85. The van der Waals surface area contributed by atoms with Crippen LogP contribution in [0.3, 0.4) is 0 Å². The predicted octanol–water partition coefficient (Wildman–Crippen LogP) is 1.72. The maximum atomic E-state index is 3.45. The minimum Gasteiger partial charge on any atom is -0.317 e. The quantitative estimate of drug-likeness (QED) is 0.715. The predicted molar refractivity (Wildman–Crippen MR) is 58.0 cm³/mol. The lowest BCUT2D eigenvalue weighted by Gasteiger charge is -2.39. The molecule has 0 aromatic heterocycles. The van der Waals surface area contributed by atoms with Gasteiger partial charge in [-0.2, -0.15) is 0 Å². The number of piperidine rings is 1. The fourth-order valence-corrected chi connectivity index (χ4v) is 2.26. The Morgan fingerprint density at radius 1 is 1.23 bits per heavy atom. The molecule has 1 saturated heterocycles. The number of hydrogen-bond acceptors (Lipinski definition) is 2. The Kier molecular flexibility index (Phi) is 4.20. The molecule has 1 rings (SSSR count). The Labute approximate surface area is 82.7 Å². The Morgan fingerprint density at radius 2 is 1.85 bits per heavy atom. The molecule has 1 heterocycles. The van der Waals surface area contributed by atoms with Gasteiger partial charge in [-0.3, -0.25) is 0 Å². The van der Waals surface area contributed by atoms with E-state index in [0.717, 1.165) is 0 Å². The molecule has 1 N–H and O–H groups in total. The summed E-state index contributed by atoms with van der Waals surface area (Å²) >= 11 is 0. The second-order valence-corrected chi connectivity index (χ2v) is 4.43. The van der Waals surface area contributed by atoms with Crippen molar-refractivity contribution in [2.75, 3.05) is 33.2 Å². The van der Waals surface area contributed by atoms with Crippen LogP contribution in [-0.2, 0) is 0 Å². The highest BCUT2D eigenvalue weighted by Crippen LogP contribution is 2.32. The van der Waals surface area contributed by atoms with Gasteiger partial charge in [0.25, 0.3) is 0 Å². The van der Waals surface area contributed by atoms with Crippen LogP contribution in [0, 0.1) is 5.41 Å². The first-order valence-corrected chi connectivity index (χ1v) is 5.62. The van der Waals surface area contributed by atoms with E-state index in [1.54, 1.807) is 0 Å². The molecule has 0 spiro atoms. The van der Waals surface area contributed by atoms with E-state index in [4.69, 9.17) is 0 Å². The molecule has 0 amide bonds. The molecule has 2 nitrogen and oxygen atoms in total. The minimum absolute atomic E-state index is 0.607. The second kappa shape index (κ2) is 4.97. The fourth-order valence-electron chi connectivity index (χ4n) is 2.26. The molecule has 0 aliphatic carbocycles. The standard InChI is InChI=1S/C11H24N2/c1-4-11(10-13(3)5-2)6-8-12-9-7-11/h12H,4-10H2,1-3H3. The zero-order valence-corrected chi connectivity index (χ0v) is 9.40. The molecule has 1 aliphatic heterocycles. The maximum absolute atomic E-state index is 3.45. The van der Waals surface area contributed by atoms with Crippen molar-refractivity contribution in [3.05, 3.63) is 0 Å². The van der Waals surface area contributed by atoms with Gasteiger partial charge in [-0.1, -0.05) is 13.8 Å². The molecule has 2 heteroatoms. The Bertz CT molecular complexity index is 139. The summed E-state index contributed by atoms with van der Waals surface area (Å²) in [5.74, 6) is 0. The van der Waals surface area contributed by atoms with Crippen molar-refractivity contribution in [3.63, 3.8) is 0 Å². The van der Waals surface area contributed by atoms with Crippen LogP contribution in [0.1, 0.15) is 33.1 Å². The van der Waals surface area contributed by atoms with E-state index in [1.165, 1.54) is 45.4 Å². The highest BCUT2D eigenvalue weighted by atomic mass is 15.1. The van der Waals surface area contributed by atoms with Crippen molar-refractivity contribution in [3.8, 4) is 0 Å². The van der Waals surface area contributed by atoms with Crippen LogP contribution in [0.5, 0.6) is 0 Å². The van der Waals surface area contributed by atoms with E-state index in [0.29, 0.717) is 5.41 Å². The molecule has 13 heavy (non-hydrogen) atoms. The topological polar surface area (TPSA) is 15.3 Å². The normalized spacial score (nSPS) is 22.2. The van der Waals surface area contributed by atoms with E-state index in [9.17, 15) is 0 Å². The molecule has 0 unspecified atom stereocenters. The smallest absolute Gasteiger partial charge is 0.00357 e. The van der Waals surface area contributed by atoms with Gasteiger partial charge in [0.15, 0.2) is 0 Å². The molecule has 1 fully saturated rings. The number of nitrogens with zero attached hydrogens (tertiary/aromatic N) is 1. The zero-order chi connectivity index (χ0) is 9.73. The average molecular weight is 184 g/mol. The third-order valence-electron chi connectivity index (χ3n) is 3.56. The van der Waals surface area contributed by atoms with Crippen LogP contribution in [0.2, 0.25) is 0 Å². The number of rotatable bonds is 4. The molecular formula is C11H24N2. The van der Waals surface area contributed by atoms with Gasteiger partial charge >= 0.3 is 0 Å². The van der Waals surface area contributed by atoms with Gasteiger partial charge in [0.2, 0.25) is 0 Å². The van der Waals surface area contributed by atoms with Gasteiger partial charge in [0.05, 0.1) is 0 Å². The summed E-state index contributed by atoms with van der Waals surface area (Å²) in [4.78, 5) is 2.45. The van der Waals surface area contributed by atoms with Crippen LogP contribution >= 0.6 is 0 Å². The van der Waals surface area contributed by atoms with Crippen LogP contribution in [0.15, 0.2) is 0 Å². The van der Waals surface area contributed by atoms with Gasteiger partial charge in [0, 0.05) is 6.54 Å². The van der Waals surface area contributed by atoms with Gasteiger partial charge in [-0.25, -0.2) is 0 Å². The summed E-state index contributed by atoms with van der Waals surface area (Å²) in [5.41, 5.74) is 0.607. The summed E-state index contributed by atoms with van der Waals surface area (Å²) in [7, 11) is 2.24. The lowest BCUT2D eigenvalue weighted by atomic mass is 9.76. The Morgan fingerprint density at radius 3 is 2.31 bits per heavy atom. The summed E-state index contributed by atoms with van der Waals surface area (Å²) < 4.78 is 0. The first-order chi connectivity index (χ1) is 6.22. The first kappa shape index (κ1) is 11.0. The van der Waals surface area contributed by atoms with Gasteiger partial charge in [-0.15, -0.1) is 0 Å². The van der Waals surface area contributed by atoms with Crippen LogP contribution in [0.4, 0.5) is 0 Å². The summed E-state index contributed by atoms with van der Waals surface area (Å²) in [5, 5.41) is 3.45. The summed E-state index contributed by atoms with van der Waals surface area (Å²) in [6.07, 6.45) is 4.04. The molecule has 0 aromatic rings. The number of nitrogens with one attached hydrogen (secondary N) is 1. The van der Waals surface area contributed by atoms with Gasteiger partial charge in [0.1, 0.15) is 0 Å². The lowest BCUT2D eigenvalue weighted by molar-refractivity contribution is 0.126. The Hall–Kier alpha value is -0.0800. The lowest BCUT2D eigenvalue weighted by Crippen LogP contribution is -2.43. The Balaban J connectivity index is 2.47. The van der Waals surface area contributed by atoms with E-state index < -0.39 is 0 Å². The largest absolute Gasteiger partial charge is 0.317 e. The molecule has 0 aromatic carbocycles. The molecule has 0 radical (unpaired) electrons. The van der Waals surface area contributed by atoms with Gasteiger partial charge < -0.3 is 10.2 Å². The fraction of sp³-hybridized carbons (Fsp3) is 1.00. The monoisotopic (exact) mass is 184 g/mol. The second-order valence-electron chi connectivity index (χ2n) is 4.43. The maximum Gasteiger partial charge on any atom is 0.00357 e. The van der Waals surface area contributed by atoms with Gasteiger partial charge in [-0.05, 0) is 51.4 Å². The molecule has 0 saturated carbocycles. The van der Waals surface area contributed by atoms with E-state index in [2.05, 4.69) is 31.1 Å². The van der Waals surface area contributed by atoms with E-state index >= 15 is 0 Å². The highest BCUT2D eigenvalue weighted by Gasteiger charge is 2.30. The molecule has 78 valence electrons. The average Bonchev–Trinajstić information content (AvgIpc) is 2.19. The van der Waals surface area contributed by atoms with Crippen molar-refractivity contribution in [2.24, 2.45) is 5.41 Å².